The molecule has 154 valence electrons. The van der Waals surface area contributed by atoms with E-state index in [0.29, 0.717) is 23.4 Å². The summed E-state index contributed by atoms with van der Waals surface area (Å²) < 4.78 is 5.29. The van der Waals surface area contributed by atoms with Gasteiger partial charge < -0.3 is 10.1 Å². The van der Waals surface area contributed by atoms with E-state index >= 15 is 0 Å². The van der Waals surface area contributed by atoms with Gasteiger partial charge in [-0.15, -0.1) is 0 Å². The lowest BCUT2D eigenvalue weighted by Gasteiger charge is -2.08. The number of anilines is 1. The molecule has 0 aliphatic rings. The molecule has 3 aromatic carbocycles. The summed E-state index contributed by atoms with van der Waals surface area (Å²) in [7, 11) is 0. The SMILES string of the molecule is CCCCCCOC(=O)c1ccc(NC(=O)c2ccc(-c3ccccc3)cc2)cc1. The van der Waals surface area contributed by atoms with E-state index in [4.69, 9.17) is 4.74 Å². The summed E-state index contributed by atoms with van der Waals surface area (Å²) >= 11 is 0. The Balaban J connectivity index is 1.53. The van der Waals surface area contributed by atoms with Crippen LogP contribution in [0.25, 0.3) is 11.1 Å². The summed E-state index contributed by atoms with van der Waals surface area (Å²) in [4.78, 5) is 24.6. The van der Waals surface area contributed by atoms with Crippen LogP contribution >= 0.6 is 0 Å². The molecule has 3 rings (SSSR count). The molecule has 0 atom stereocenters. The van der Waals surface area contributed by atoms with Crippen molar-refractivity contribution in [2.45, 2.75) is 32.6 Å². The highest BCUT2D eigenvalue weighted by Gasteiger charge is 2.09. The fourth-order valence-corrected chi connectivity index (χ4v) is 3.11. The first-order chi connectivity index (χ1) is 14.7. The Bertz CT molecular complexity index is 948. The zero-order valence-electron chi connectivity index (χ0n) is 17.3. The highest BCUT2D eigenvalue weighted by molar-refractivity contribution is 6.04. The zero-order valence-corrected chi connectivity index (χ0v) is 17.3. The van der Waals surface area contributed by atoms with E-state index in [-0.39, 0.29) is 11.9 Å². The molecule has 0 heterocycles. The van der Waals surface area contributed by atoms with E-state index in [1.54, 1.807) is 24.3 Å². The first-order valence-electron chi connectivity index (χ1n) is 10.4. The van der Waals surface area contributed by atoms with Crippen LogP contribution in [0.3, 0.4) is 0 Å². The zero-order chi connectivity index (χ0) is 21.2. The Labute approximate surface area is 177 Å². The van der Waals surface area contributed by atoms with Crippen molar-refractivity contribution in [3.05, 3.63) is 90.0 Å². The molecule has 3 aromatic rings. The first-order valence-corrected chi connectivity index (χ1v) is 10.4. The van der Waals surface area contributed by atoms with Crippen LogP contribution in [0.5, 0.6) is 0 Å². The second kappa shape index (κ2) is 11.0. The smallest absolute Gasteiger partial charge is 0.338 e. The number of carbonyl (C=O) groups excluding carboxylic acids is 2. The third kappa shape index (κ3) is 6.05. The number of hydrogen-bond donors (Lipinski definition) is 1. The van der Waals surface area contributed by atoms with Crippen LogP contribution in [0.15, 0.2) is 78.9 Å². The van der Waals surface area contributed by atoms with E-state index < -0.39 is 0 Å². The summed E-state index contributed by atoms with van der Waals surface area (Å²) in [5, 5.41) is 2.86. The lowest BCUT2D eigenvalue weighted by atomic mass is 10.0. The third-order valence-electron chi connectivity index (χ3n) is 4.86. The quantitative estimate of drug-likeness (QED) is 0.336. The van der Waals surface area contributed by atoms with E-state index in [1.807, 2.05) is 54.6 Å². The highest BCUT2D eigenvalue weighted by atomic mass is 16.5. The van der Waals surface area contributed by atoms with Crippen LogP contribution in [-0.2, 0) is 4.74 Å². The van der Waals surface area contributed by atoms with E-state index in [2.05, 4.69) is 12.2 Å². The van der Waals surface area contributed by atoms with Gasteiger partial charge in [-0.05, 0) is 53.9 Å². The molecule has 0 bridgehead atoms. The van der Waals surface area contributed by atoms with Crippen molar-refractivity contribution in [3.8, 4) is 11.1 Å². The van der Waals surface area contributed by atoms with Crippen LogP contribution < -0.4 is 5.32 Å². The third-order valence-corrected chi connectivity index (χ3v) is 4.86. The minimum absolute atomic E-state index is 0.194. The second-order valence-corrected chi connectivity index (χ2v) is 7.17. The fourth-order valence-electron chi connectivity index (χ4n) is 3.11. The van der Waals surface area contributed by atoms with E-state index in [1.165, 1.54) is 0 Å². The molecule has 1 amide bonds. The maximum absolute atomic E-state index is 12.5. The first kappa shape index (κ1) is 21.3. The predicted octanol–water partition coefficient (Wildman–Crippen LogP) is 6.34. The molecule has 0 saturated carbocycles. The summed E-state index contributed by atoms with van der Waals surface area (Å²) in [6.45, 7) is 2.59. The number of ether oxygens (including phenoxy) is 1. The van der Waals surface area contributed by atoms with Crippen molar-refractivity contribution < 1.29 is 14.3 Å². The van der Waals surface area contributed by atoms with Crippen molar-refractivity contribution >= 4 is 17.6 Å². The van der Waals surface area contributed by atoms with Crippen molar-refractivity contribution in [2.24, 2.45) is 0 Å². The average molecular weight is 402 g/mol. The second-order valence-electron chi connectivity index (χ2n) is 7.17. The van der Waals surface area contributed by atoms with E-state index in [9.17, 15) is 9.59 Å². The molecule has 0 aliphatic heterocycles. The van der Waals surface area contributed by atoms with Crippen molar-refractivity contribution in [1.29, 1.82) is 0 Å². The molecular weight excluding hydrogens is 374 g/mol. The standard InChI is InChI=1S/C26H27NO3/c1-2-3-4-8-19-30-26(29)23-15-17-24(18-16-23)27-25(28)22-13-11-21(12-14-22)20-9-6-5-7-10-20/h5-7,9-18H,2-4,8,19H2,1H3,(H,27,28). The number of unbranched alkanes of at least 4 members (excludes halogenated alkanes) is 3. The van der Waals surface area contributed by atoms with Gasteiger partial charge in [0.1, 0.15) is 0 Å². The van der Waals surface area contributed by atoms with Crippen LogP contribution in [0.2, 0.25) is 0 Å². The fraction of sp³-hybridized carbons (Fsp3) is 0.231. The molecule has 4 nitrogen and oxygen atoms in total. The van der Waals surface area contributed by atoms with Crippen LogP contribution in [0.4, 0.5) is 5.69 Å². The molecule has 30 heavy (non-hydrogen) atoms. The van der Waals surface area contributed by atoms with Gasteiger partial charge in [-0.2, -0.15) is 0 Å². The van der Waals surface area contributed by atoms with Gasteiger partial charge in [-0.3, -0.25) is 4.79 Å². The van der Waals surface area contributed by atoms with Gasteiger partial charge in [0.25, 0.3) is 5.91 Å². The van der Waals surface area contributed by atoms with Gasteiger partial charge in [0.05, 0.1) is 12.2 Å². The predicted molar refractivity (Wildman–Crippen MR) is 121 cm³/mol. The molecule has 0 unspecified atom stereocenters. The van der Waals surface area contributed by atoms with Gasteiger partial charge in [0.2, 0.25) is 0 Å². The Morgan fingerprint density at radius 3 is 2.03 bits per heavy atom. The summed E-state index contributed by atoms with van der Waals surface area (Å²) in [5.41, 5.74) is 3.86. The highest BCUT2D eigenvalue weighted by Crippen LogP contribution is 2.20. The van der Waals surface area contributed by atoms with Crippen molar-refractivity contribution in [3.63, 3.8) is 0 Å². The van der Waals surface area contributed by atoms with Crippen molar-refractivity contribution in [1.82, 2.24) is 0 Å². The number of rotatable bonds is 9. The Hall–Kier alpha value is -3.40. The van der Waals surface area contributed by atoms with Crippen molar-refractivity contribution in [2.75, 3.05) is 11.9 Å². The van der Waals surface area contributed by atoms with E-state index in [0.717, 1.165) is 36.8 Å². The minimum atomic E-state index is -0.333. The van der Waals surface area contributed by atoms with Gasteiger partial charge in [0, 0.05) is 11.3 Å². The molecule has 0 saturated heterocycles. The lowest BCUT2D eigenvalue weighted by molar-refractivity contribution is 0.0497. The molecule has 0 aliphatic carbocycles. The molecule has 0 radical (unpaired) electrons. The average Bonchev–Trinajstić information content (AvgIpc) is 2.80. The number of carbonyl (C=O) groups is 2. The molecule has 0 fully saturated rings. The number of benzene rings is 3. The maximum atomic E-state index is 12.5. The topological polar surface area (TPSA) is 55.4 Å². The molecule has 1 N–H and O–H groups in total. The van der Waals surface area contributed by atoms with Gasteiger partial charge in [0.15, 0.2) is 0 Å². The molecule has 4 heteroatoms. The summed E-state index contributed by atoms with van der Waals surface area (Å²) in [6.07, 6.45) is 4.26. The van der Waals surface area contributed by atoms with Crippen LogP contribution in [-0.4, -0.2) is 18.5 Å². The molecular formula is C26H27NO3. The summed E-state index contributed by atoms with van der Waals surface area (Å²) in [6, 6.07) is 24.3. The number of hydrogen-bond acceptors (Lipinski definition) is 3. The van der Waals surface area contributed by atoms with Crippen LogP contribution in [0.1, 0.15) is 53.3 Å². The largest absolute Gasteiger partial charge is 0.462 e. The minimum Gasteiger partial charge on any atom is -0.462 e. The Morgan fingerprint density at radius 1 is 0.733 bits per heavy atom. The van der Waals surface area contributed by atoms with Gasteiger partial charge in [-0.25, -0.2) is 4.79 Å². The Morgan fingerprint density at radius 2 is 1.37 bits per heavy atom. The van der Waals surface area contributed by atoms with Crippen LogP contribution in [0, 0.1) is 0 Å². The van der Waals surface area contributed by atoms with Gasteiger partial charge in [-0.1, -0.05) is 68.7 Å². The molecule has 0 aromatic heterocycles. The Kier molecular flexibility index (Phi) is 7.78. The monoisotopic (exact) mass is 401 g/mol. The lowest BCUT2D eigenvalue weighted by Crippen LogP contribution is -2.12. The van der Waals surface area contributed by atoms with Gasteiger partial charge >= 0.3 is 5.97 Å². The normalized spacial score (nSPS) is 10.4. The molecule has 0 spiro atoms. The maximum Gasteiger partial charge on any atom is 0.338 e. The number of nitrogens with one attached hydrogen (secondary N) is 1. The number of amides is 1. The number of esters is 1. The summed E-state index contributed by atoms with van der Waals surface area (Å²) in [5.74, 6) is -0.526.